The van der Waals surface area contributed by atoms with E-state index in [4.69, 9.17) is 9.47 Å². The number of ketones is 1. The summed E-state index contributed by atoms with van der Waals surface area (Å²) in [5.74, 6) is 1.12. The number of hydrogen-bond donors (Lipinski definition) is 0. The summed E-state index contributed by atoms with van der Waals surface area (Å²) in [5, 5.41) is 0. The summed E-state index contributed by atoms with van der Waals surface area (Å²) in [7, 11) is 1.54. The van der Waals surface area contributed by atoms with Gasteiger partial charge in [0.2, 0.25) is 0 Å². The van der Waals surface area contributed by atoms with Crippen LogP contribution < -0.4 is 9.47 Å². The maximum absolute atomic E-state index is 11.5. The molecule has 0 aliphatic carbocycles. The Labute approximate surface area is 126 Å². The fourth-order valence-electron chi connectivity index (χ4n) is 1.82. The lowest BCUT2D eigenvalue weighted by Gasteiger charge is -2.12. The van der Waals surface area contributed by atoms with Crippen LogP contribution in [0.5, 0.6) is 11.5 Å². The third-order valence-corrected chi connectivity index (χ3v) is 3.49. The van der Waals surface area contributed by atoms with Gasteiger partial charge in [-0.25, -0.2) is 0 Å². The van der Waals surface area contributed by atoms with Crippen molar-refractivity contribution >= 4 is 21.7 Å². The molecule has 3 nitrogen and oxygen atoms in total. The summed E-state index contributed by atoms with van der Waals surface area (Å²) >= 11 is 3.42. The van der Waals surface area contributed by atoms with Crippen LogP contribution in [-0.4, -0.2) is 12.9 Å². The molecular weight excluding hydrogens is 320 g/mol. The van der Waals surface area contributed by atoms with Crippen molar-refractivity contribution < 1.29 is 14.3 Å². The largest absolute Gasteiger partial charge is 0.496 e. The van der Waals surface area contributed by atoms with E-state index < -0.39 is 0 Å². The Bertz CT molecular complexity index is 609. The second kappa shape index (κ2) is 6.57. The summed E-state index contributed by atoms with van der Waals surface area (Å²) in [6.07, 6.45) is 0. The zero-order valence-corrected chi connectivity index (χ0v) is 12.9. The van der Waals surface area contributed by atoms with Gasteiger partial charge in [-0.2, -0.15) is 0 Å². The molecule has 2 aromatic rings. The Morgan fingerprint density at radius 2 is 1.85 bits per heavy atom. The van der Waals surface area contributed by atoms with E-state index in [1.807, 2.05) is 30.3 Å². The molecule has 0 radical (unpaired) electrons. The molecule has 2 rings (SSSR count). The number of hydrogen-bond acceptors (Lipinski definition) is 3. The normalized spacial score (nSPS) is 10.2. The molecule has 104 valence electrons. The van der Waals surface area contributed by atoms with Gasteiger partial charge in [-0.05, 0) is 34.5 Å². The lowest BCUT2D eigenvalue weighted by molar-refractivity contribution is 0.101. The minimum Gasteiger partial charge on any atom is -0.496 e. The highest BCUT2D eigenvalue weighted by molar-refractivity contribution is 9.10. The van der Waals surface area contributed by atoms with Crippen molar-refractivity contribution in [1.82, 2.24) is 0 Å². The molecule has 0 bridgehead atoms. The predicted molar refractivity (Wildman–Crippen MR) is 81.5 cm³/mol. The standard InChI is InChI=1S/C16H15BrO3/c1-11(18)13-8-14(17)16(9-15(13)19-2)20-10-12-6-4-3-5-7-12/h3-9H,10H2,1-2H3. The molecule has 0 heterocycles. The number of ether oxygens (including phenoxy) is 2. The van der Waals surface area contributed by atoms with Crippen LogP contribution in [0.25, 0.3) is 0 Å². The van der Waals surface area contributed by atoms with Gasteiger partial charge in [0.25, 0.3) is 0 Å². The Hall–Kier alpha value is -1.81. The number of rotatable bonds is 5. The van der Waals surface area contributed by atoms with Crippen molar-refractivity contribution in [3.8, 4) is 11.5 Å². The minimum absolute atomic E-state index is 0.0443. The second-order valence-corrected chi connectivity index (χ2v) is 5.17. The molecular formula is C16H15BrO3. The van der Waals surface area contributed by atoms with Crippen LogP contribution >= 0.6 is 15.9 Å². The maximum atomic E-state index is 11.5. The highest BCUT2D eigenvalue weighted by Gasteiger charge is 2.13. The van der Waals surface area contributed by atoms with Crippen molar-refractivity contribution in [2.45, 2.75) is 13.5 Å². The number of methoxy groups -OCH3 is 1. The van der Waals surface area contributed by atoms with E-state index in [9.17, 15) is 4.79 Å². The van der Waals surface area contributed by atoms with Gasteiger partial charge < -0.3 is 9.47 Å². The van der Waals surface area contributed by atoms with E-state index in [-0.39, 0.29) is 5.78 Å². The van der Waals surface area contributed by atoms with Crippen LogP contribution in [0.2, 0.25) is 0 Å². The molecule has 0 aromatic heterocycles. The van der Waals surface area contributed by atoms with Gasteiger partial charge in [0.05, 0.1) is 17.1 Å². The van der Waals surface area contributed by atoms with Crippen molar-refractivity contribution in [3.63, 3.8) is 0 Å². The molecule has 0 N–H and O–H groups in total. The molecule has 4 heteroatoms. The van der Waals surface area contributed by atoms with Crippen LogP contribution in [0.3, 0.4) is 0 Å². The van der Waals surface area contributed by atoms with Crippen molar-refractivity contribution in [2.24, 2.45) is 0 Å². The van der Waals surface area contributed by atoms with Crippen LogP contribution in [-0.2, 0) is 6.61 Å². The summed E-state index contributed by atoms with van der Waals surface area (Å²) in [6, 6.07) is 13.3. The molecule has 0 amide bonds. The van der Waals surface area contributed by atoms with E-state index in [1.165, 1.54) is 14.0 Å². The lowest BCUT2D eigenvalue weighted by Crippen LogP contribution is -2.01. The molecule has 0 saturated heterocycles. The molecule has 0 unspecified atom stereocenters. The van der Waals surface area contributed by atoms with E-state index in [2.05, 4.69) is 15.9 Å². The van der Waals surface area contributed by atoms with Gasteiger partial charge in [0, 0.05) is 6.07 Å². The molecule has 0 saturated carbocycles. The zero-order chi connectivity index (χ0) is 14.5. The first kappa shape index (κ1) is 14.6. The fraction of sp³-hybridized carbons (Fsp3) is 0.188. The Morgan fingerprint density at radius 3 is 2.45 bits per heavy atom. The molecule has 0 atom stereocenters. The molecule has 0 aliphatic heterocycles. The highest BCUT2D eigenvalue weighted by atomic mass is 79.9. The molecule has 0 fully saturated rings. The van der Waals surface area contributed by atoms with Crippen LogP contribution in [0.1, 0.15) is 22.8 Å². The van der Waals surface area contributed by atoms with Crippen molar-refractivity contribution in [3.05, 3.63) is 58.1 Å². The zero-order valence-electron chi connectivity index (χ0n) is 11.4. The number of Topliss-reactive ketones (excluding diaryl/α,β-unsaturated/α-hetero) is 1. The van der Waals surface area contributed by atoms with Crippen LogP contribution in [0, 0.1) is 0 Å². The Kier molecular flexibility index (Phi) is 4.79. The molecule has 20 heavy (non-hydrogen) atoms. The quantitative estimate of drug-likeness (QED) is 0.767. The number of halogens is 1. The van der Waals surface area contributed by atoms with Crippen molar-refractivity contribution in [1.29, 1.82) is 0 Å². The average molecular weight is 335 g/mol. The first-order valence-corrected chi connectivity index (χ1v) is 6.96. The third kappa shape index (κ3) is 3.39. The van der Waals surface area contributed by atoms with Crippen LogP contribution in [0.15, 0.2) is 46.9 Å². The Morgan fingerprint density at radius 1 is 1.15 bits per heavy atom. The topological polar surface area (TPSA) is 35.5 Å². The van der Waals surface area contributed by atoms with Crippen LogP contribution in [0.4, 0.5) is 0 Å². The summed E-state index contributed by atoms with van der Waals surface area (Å²) in [5.41, 5.74) is 1.61. The van der Waals surface area contributed by atoms with Gasteiger partial charge >= 0.3 is 0 Å². The highest BCUT2D eigenvalue weighted by Crippen LogP contribution is 2.33. The van der Waals surface area contributed by atoms with Crippen molar-refractivity contribution in [2.75, 3.05) is 7.11 Å². The second-order valence-electron chi connectivity index (χ2n) is 4.31. The third-order valence-electron chi connectivity index (χ3n) is 2.87. The Balaban J connectivity index is 2.22. The van der Waals surface area contributed by atoms with Gasteiger partial charge in [0.15, 0.2) is 5.78 Å². The van der Waals surface area contributed by atoms with Gasteiger partial charge in [0.1, 0.15) is 18.1 Å². The SMILES string of the molecule is COc1cc(OCc2ccccc2)c(Br)cc1C(C)=O. The van der Waals surface area contributed by atoms with Gasteiger partial charge in [-0.15, -0.1) is 0 Å². The van der Waals surface area contributed by atoms with E-state index in [0.29, 0.717) is 23.7 Å². The smallest absolute Gasteiger partial charge is 0.163 e. The predicted octanol–water partition coefficient (Wildman–Crippen LogP) is 4.24. The number of benzene rings is 2. The monoisotopic (exact) mass is 334 g/mol. The first-order chi connectivity index (χ1) is 9.61. The summed E-state index contributed by atoms with van der Waals surface area (Å²) in [4.78, 5) is 11.5. The molecule has 0 spiro atoms. The first-order valence-electron chi connectivity index (χ1n) is 6.17. The number of carbonyl (C=O) groups is 1. The lowest BCUT2D eigenvalue weighted by atomic mass is 10.1. The maximum Gasteiger partial charge on any atom is 0.163 e. The van der Waals surface area contributed by atoms with E-state index in [0.717, 1.165) is 10.0 Å². The fourth-order valence-corrected chi connectivity index (χ4v) is 2.28. The van der Waals surface area contributed by atoms with E-state index >= 15 is 0 Å². The summed E-state index contributed by atoms with van der Waals surface area (Å²) in [6.45, 7) is 1.97. The minimum atomic E-state index is -0.0443. The van der Waals surface area contributed by atoms with Gasteiger partial charge in [-0.1, -0.05) is 30.3 Å². The average Bonchev–Trinajstić information content (AvgIpc) is 2.46. The molecule has 0 aliphatic rings. The molecule has 2 aromatic carbocycles. The van der Waals surface area contributed by atoms with Gasteiger partial charge in [-0.3, -0.25) is 4.79 Å². The van der Waals surface area contributed by atoms with E-state index in [1.54, 1.807) is 12.1 Å². The number of carbonyl (C=O) groups excluding carboxylic acids is 1. The summed E-state index contributed by atoms with van der Waals surface area (Å²) < 4.78 is 11.7.